The molecule has 0 bridgehead atoms. The SMILES string of the molecule is CC(NSc1c(Cl)c(C(=O)Nc2ccc(F)c(C#N)c2)n2c1C=CC2)OC(F)(F)F. The normalized spacial score (nSPS) is 13.8. The second kappa shape index (κ2) is 8.69. The molecule has 1 aliphatic rings. The first-order valence-electron chi connectivity index (χ1n) is 8.37. The Morgan fingerprint density at radius 1 is 1.43 bits per heavy atom. The summed E-state index contributed by atoms with van der Waals surface area (Å²) in [6.07, 6.45) is -2.73. The lowest BCUT2D eigenvalue weighted by Crippen LogP contribution is -2.29. The number of carbonyl (C=O) groups is 1. The second-order valence-electron chi connectivity index (χ2n) is 6.08. The van der Waals surface area contributed by atoms with E-state index < -0.39 is 24.3 Å². The average Bonchev–Trinajstić information content (AvgIpc) is 3.20. The molecule has 2 N–H and O–H groups in total. The molecule has 30 heavy (non-hydrogen) atoms. The van der Waals surface area contributed by atoms with E-state index in [-0.39, 0.29) is 22.0 Å². The van der Waals surface area contributed by atoms with Crippen LogP contribution in [0.4, 0.5) is 23.2 Å². The van der Waals surface area contributed by atoms with Gasteiger partial charge >= 0.3 is 6.36 Å². The topological polar surface area (TPSA) is 79.1 Å². The molecule has 1 unspecified atom stereocenters. The highest BCUT2D eigenvalue weighted by molar-refractivity contribution is 7.97. The van der Waals surface area contributed by atoms with Gasteiger partial charge in [0.2, 0.25) is 0 Å². The third kappa shape index (κ3) is 4.79. The molecule has 0 spiro atoms. The molecule has 1 aromatic carbocycles. The van der Waals surface area contributed by atoms with Crippen LogP contribution in [-0.2, 0) is 11.3 Å². The quantitative estimate of drug-likeness (QED) is 0.364. The number of anilines is 1. The lowest BCUT2D eigenvalue weighted by Gasteiger charge is -2.15. The first-order chi connectivity index (χ1) is 14.1. The van der Waals surface area contributed by atoms with Gasteiger partial charge < -0.3 is 9.88 Å². The van der Waals surface area contributed by atoms with Crippen molar-refractivity contribution in [1.82, 2.24) is 9.29 Å². The van der Waals surface area contributed by atoms with Crippen LogP contribution in [0.25, 0.3) is 6.08 Å². The van der Waals surface area contributed by atoms with Gasteiger partial charge in [-0.1, -0.05) is 17.7 Å². The summed E-state index contributed by atoms with van der Waals surface area (Å²) in [6.45, 7) is 1.51. The van der Waals surface area contributed by atoms with Gasteiger partial charge in [0, 0.05) is 12.2 Å². The summed E-state index contributed by atoms with van der Waals surface area (Å²) in [5.74, 6) is -1.34. The number of allylic oxidation sites excluding steroid dienone is 1. The summed E-state index contributed by atoms with van der Waals surface area (Å²) in [4.78, 5) is 13.1. The minimum atomic E-state index is -4.80. The van der Waals surface area contributed by atoms with Gasteiger partial charge in [-0.05, 0) is 43.1 Å². The van der Waals surface area contributed by atoms with Crippen LogP contribution in [0.5, 0.6) is 0 Å². The smallest absolute Gasteiger partial charge is 0.331 e. The van der Waals surface area contributed by atoms with Crippen LogP contribution >= 0.6 is 23.5 Å². The van der Waals surface area contributed by atoms with Crippen molar-refractivity contribution in [3.8, 4) is 6.07 Å². The van der Waals surface area contributed by atoms with Crippen molar-refractivity contribution in [3.63, 3.8) is 0 Å². The zero-order valence-corrected chi connectivity index (χ0v) is 16.8. The highest BCUT2D eigenvalue weighted by atomic mass is 35.5. The van der Waals surface area contributed by atoms with Crippen LogP contribution in [0.1, 0.15) is 28.7 Å². The molecule has 0 fully saturated rings. The van der Waals surface area contributed by atoms with E-state index in [0.717, 1.165) is 18.0 Å². The van der Waals surface area contributed by atoms with Crippen LogP contribution < -0.4 is 10.0 Å². The molecule has 1 atom stereocenters. The summed E-state index contributed by atoms with van der Waals surface area (Å²) in [6, 6.07) is 5.20. The maximum absolute atomic E-state index is 13.5. The zero-order valence-electron chi connectivity index (χ0n) is 15.2. The van der Waals surface area contributed by atoms with Gasteiger partial charge in [-0.2, -0.15) is 5.26 Å². The number of nitrogens with one attached hydrogen (secondary N) is 2. The number of amides is 1. The van der Waals surface area contributed by atoms with Crippen molar-refractivity contribution >= 4 is 41.2 Å². The molecule has 3 rings (SSSR count). The Balaban J connectivity index is 1.82. The Labute approximate surface area is 177 Å². The fourth-order valence-electron chi connectivity index (χ4n) is 2.77. The number of fused-ring (bicyclic) bond motifs is 1. The predicted molar refractivity (Wildman–Crippen MR) is 103 cm³/mol. The highest BCUT2D eigenvalue weighted by Gasteiger charge is 2.33. The zero-order chi connectivity index (χ0) is 22.1. The average molecular weight is 461 g/mol. The Morgan fingerprint density at radius 2 is 2.17 bits per heavy atom. The van der Waals surface area contributed by atoms with E-state index in [2.05, 4.69) is 14.8 Å². The van der Waals surface area contributed by atoms with Gasteiger partial charge in [0.15, 0.2) is 0 Å². The van der Waals surface area contributed by atoms with E-state index in [4.69, 9.17) is 16.9 Å². The van der Waals surface area contributed by atoms with Crippen LogP contribution in [0.2, 0.25) is 5.02 Å². The Bertz CT molecular complexity index is 1060. The minimum Gasteiger partial charge on any atom is -0.331 e. The highest BCUT2D eigenvalue weighted by Crippen LogP contribution is 2.38. The largest absolute Gasteiger partial charge is 0.524 e. The third-order valence-electron chi connectivity index (χ3n) is 3.96. The number of nitrogens with zero attached hydrogens (tertiary/aromatic N) is 2. The molecule has 12 heteroatoms. The second-order valence-corrected chi connectivity index (χ2v) is 7.30. The number of nitriles is 1. The van der Waals surface area contributed by atoms with Gasteiger partial charge in [-0.15, -0.1) is 13.2 Å². The van der Waals surface area contributed by atoms with Crippen molar-refractivity contribution in [2.24, 2.45) is 0 Å². The lowest BCUT2D eigenvalue weighted by atomic mass is 10.2. The number of rotatable bonds is 6. The molecule has 1 aromatic heterocycles. The van der Waals surface area contributed by atoms with E-state index in [1.54, 1.807) is 22.8 Å². The Morgan fingerprint density at radius 3 is 2.83 bits per heavy atom. The van der Waals surface area contributed by atoms with Gasteiger partial charge in [0.05, 0.1) is 21.2 Å². The molecule has 2 aromatic rings. The molecule has 0 saturated carbocycles. The maximum atomic E-state index is 13.5. The summed E-state index contributed by atoms with van der Waals surface area (Å²) < 4.78 is 58.3. The first-order valence-corrected chi connectivity index (χ1v) is 9.56. The fourth-order valence-corrected chi connectivity index (χ4v) is 3.97. The Hall–Kier alpha value is -2.52. The van der Waals surface area contributed by atoms with Crippen LogP contribution in [0.3, 0.4) is 0 Å². The number of alkyl halides is 3. The van der Waals surface area contributed by atoms with Gasteiger partial charge in [0.1, 0.15) is 23.8 Å². The number of hydrogen-bond donors (Lipinski definition) is 2. The van der Waals surface area contributed by atoms with Crippen molar-refractivity contribution in [3.05, 3.63) is 52.1 Å². The van der Waals surface area contributed by atoms with Gasteiger partial charge in [-0.25, -0.2) is 9.11 Å². The number of halogens is 5. The van der Waals surface area contributed by atoms with E-state index in [9.17, 15) is 22.4 Å². The standard InChI is InChI=1S/C18H13ClF4N4O2S/c1-9(29-18(21,22)23)26-30-16-13-3-2-6-27(13)15(14(16)19)17(28)25-11-4-5-12(20)10(7-11)8-24/h2-5,7,9,26H,6H2,1H3,(H,25,28). The van der Waals surface area contributed by atoms with Crippen molar-refractivity contribution < 1.29 is 27.1 Å². The summed E-state index contributed by atoms with van der Waals surface area (Å²) in [5.41, 5.74) is 0.571. The maximum Gasteiger partial charge on any atom is 0.524 e. The summed E-state index contributed by atoms with van der Waals surface area (Å²) in [5, 5.41) is 11.5. The molecule has 158 valence electrons. The molecule has 1 amide bonds. The molecule has 2 heterocycles. The molecule has 0 saturated heterocycles. The van der Waals surface area contributed by atoms with Gasteiger partial charge in [-0.3, -0.25) is 9.53 Å². The van der Waals surface area contributed by atoms with E-state index in [0.29, 0.717) is 17.1 Å². The van der Waals surface area contributed by atoms with Crippen molar-refractivity contribution in [1.29, 1.82) is 5.26 Å². The van der Waals surface area contributed by atoms with Crippen molar-refractivity contribution in [2.75, 3.05) is 5.32 Å². The van der Waals surface area contributed by atoms with E-state index >= 15 is 0 Å². The monoisotopic (exact) mass is 460 g/mol. The van der Waals surface area contributed by atoms with Crippen molar-refractivity contribution in [2.45, 2.75) is 31.0 Å². The number of carbonyl (C=O) groups excluding carboxylic acids is 1. The first kappa shape index (κ1) is 22.2. The number of benzene rings is 1. The lowest BCUT2D eigenvalue weighted by molar-refractivity contribution is -0.341. The fraction of sp³-hybridized carbons (Fsp3) is 0.222. The van der Waals surface area contributed by atoms with Gasteiger partial charge in [0.25, 0.3) is 5.91 Å². The third-order valence-corrected chi connectivity index (χ3v) is 5.51. The predicted octanol–water partition coefficient (Wildman–Crippen LogP) is 4.91. The number of ether oxygens (including phenoxy) is 1. The number of hydrogen-bond acceptors (Lipinski definition) is 5. The van der Waals surface area contributed by atoms with Crippen LogP contribution in [0.15, 0.2) is 29.2 Å². The molecular formula is C18H13ClF4N4O2S. The summed E-state index contributed by atoms with van der Waals surface area (Å²) in [7, 11) is 0. The minimum absolute atomic E-state index is 0.0335. The molecule has 6 nitrogen and oxygen atoms in total. The van der Waals surface area contributed by atoms with Crippen LogP contribution in [0, 0.1) is 17.1 Å². The number of aromatic nitrogens is 1. The molecular weight excluding hydrogens is 448 g/mol. The van der Waals surface area contributed by atoms with E-state index in [1.807, 2.05) is 0 Å². The Kier molecular flexibility index (Phi) is 6.42. The summed E-state index contributed by atoms with van der Waals surface area (Å²) >= 11 is 7.16. The molecule has 0 aliphatic carbocycles. The molecule has 0 radical (unpaired) electrons. The van der Waals surface area contributed by atoms with E-state index in [1.165, 1.54) is 19.1 Å². The van der Waals surface area contributed by atoms with Crippen LogP contribution in [-0.4, -0.2) is 23.1 Å². The molecule has 1 aliphatic heterocycles.